The van der Waals surface area contributed by atoms with Crippen molar-refractivity contribution in [2.45, 2.75) is 26.3 Å². The van der Waals surface area contributed by atoms with Crippen LogP contribution in [0.25, 0.3) is 11.5 Å². The summed E-state index contributed by atoms with van der Waals surface area (Å²) >= 11 is 3.45. The Balaban J connectivity index is 2.33. The highest BCUT2D eigenvalue weighted by Crippen LogP contribution is 2.25. The van der Waals surface area contributed by atoms with Crippen molar-refractivity contribution in [1.82, 2.24) is 10.2 Å². The van der Waals surface area contributed by atoms with Crippen LogP contribution in [0.1, 0.15) is 30.8 Å². The average Bonchev–Trinajstić information content (AvgIpc) is 2.81. The number of nitrogens with zero attached hydrogens (tertiary/aromatic N) is 2. The molecule has 0 aliphatic heterocycles. The second-order valence-electron chi connectivity index (χ2n) is 3.92. The summed E-state index contributed by atoms with van der Waals surface area (Å²) in [5, 5.41) is 7.98. The highest BCUT2D eigenvalue weighted by Gasteiger charge is 2.13. The van der Waals surface area contributed by atoms with Crippen LogP contribution >= 0.6 is 15.9 Å². The molecule has 4 nitrogen and oxygen atoms in total. The van der Waals surface area contributed by atoms with E-state index in [4.69, 9.17) is 10.2 Å². The lowest BCUT2D eigenvalue weighted by Gasteiger charge is -2.01. The van der Waals surface area contributed by atoms with E-state index in [1.54, 1.807) is 0 Å². The van der Waals surface area contributed by atoms with E-state index in [2.05, 4.69) is 26.1 Å². The topological polar surface area (TPSA) is 64.9 Å². The first-order valence-corrected chi connectivity index (χ1v) is 6.26. The van der Waals surface area contributed by atoms with E-state index in [0.29, 0.717) is 11.8 Å². The minimum atomic E-state index is -0.187. The van der Waals surface area contributed by atoms with Crippen LogP contribution < -0.4 is 5.73 Å². The third-order valence-corrected chi connectivity index (χ3v) is 3.49. The SMILES string of the molecule is CCC(N)c1nnc(-c2ccc(Br)c(C)c2)o1. The van der Waals surface area contributed by atoms with Gasteiger partial charge in [-0.25, -0.2) is 0 Å². The van der Waals surface area contributed by atoms with Crippen molar-refractivity contribution < 1.29 is 4.42 Å². The van der Waals surface area contributed by atoms with Crippen molar-refractivity contribution in [3.63, 3.8) is 0 Å². The van der Waals surface area contributed by atoms with Crippen LogP contribution in [0.3, 0.4) is 0 Å². The number of rotatable bonds is 3. The Morgan fingerprint density at radius 2 is 2.18 bits per heavy atom. The maximum Gasteiger partial charge on any atom is 0.247 e. The van der Waals surface area contributed by atoms with Crippen LogP contribution in [-0.4, -0.2) is 10.2 Å². The molecule has 1 unspecified atom stereocenters. The maximum atomic E-state index is 5.84. The second kappa shape index (κ2) is 4.98. The summed E-state index contributed by atoms with van der Waals surface area (Å²) in [6.07, 6.45) is 0.779. The molecule has 2 aromatic rings. The summed E-state index contributed by atoms with van der Waals surface area (Å²) in [7, 11) is 0. The minimum Gasteiger partial charge on any atom is -0.419 e. The lowest BCUT2D eigenvalue weighted by atomic mass is 10.1. The fourth-order valence-electron chi connectivity index (χ4n) is 1.45. The number of aryl methyl sites for hydroxylation is 1. The van der Waals surface area contributed by atoms with Crippen molar-refractivity contribution in [3.8, 4) is 11.5 Å². The lowest BCUT2D eigenvalue weighted by molar-refractivity contribution is 0.452. The largest absolute Gasteiger partial charge is 0.419 e. The van der Waals surface area contributed by atoms with Gasteiger partial charge in [-0.05, 0) is 37.1 Å². The fourth-order valence-corrected chi connectivity index (χ4v) is 1.70. The Morgan fingerprint density at radius 1 is 1.41 bits per heavy atom. The molecule has 0 aliphatic rings. The molecule has 0 fully saturated rings. The lowest BCUT2D eigenvalue weighted by Crippen LogP contribution is -2.08. The van der Waals surface area contributed by atoms with Gasteiger partial charge in [0.25, 0.3) is 0 Å². The van der Waals surface area contributed by atoms with Crippen LogP contribution in [0.4, 0.5) is 0 Å². The van der Waals surface area contributed by atoms with E-state index in [-0.39, 0.29) is 6.04 Å². The van der Waals surface area contributed by atoms with E-state index < -0.39 is 0 Å². The number of aromatic nitrogens is 2. The number of benzene rings is 1. The van der Waals surface area contributed by atoms with Crippen molar-refractivity contribution in [3.05, 3.63) is 34.1 Å². The Labute approximate surface area is 108 Å². The van der Waals surface area contributed by atoms with Gasteiger partial charge in [-0.2, -0.15) is 0 Å². The third-order valence-electron chi connectivity index (χ3n) is 2.60. The van der Waals surface area contributed by atoms with E-state index in [0.717, 1.165) is 22.0 Å². The van der Waals surface area contributed by atoms with Crippen LogP contribution in [0, 0.1) is 6.92 Å². The maximum absolute atomic E-state index is 5.84. The highest BCUT2D eigenvalue weighted by molar-refractivity contribution is 9.10. The zero-order valence-electron chi connectivity index (χ0n) is 9.77. The van der Waals surface area contributed by atoms with Gasteiger partial charge in [-0.15, -0.1) is 10.2 Å². The molecule has 5 heteroatoms. The molecule has 0 bridgehead atoms. The number of nitrogens with two attached hydrogens (primary N) is 1. The molecule has 90 valence electrons. The van der Waals surface area contributed by atoms with Crippen molar-refractivity contribution in [2.24, 2.45) is 5.73 Å². The van der Waals surface area contributed by atoms with Crippen molar-refractivity contribution in [2.75, 3.05) is 0 Å². The van der Waals surface area contributed by atoms with Crippen molar-refractivity contribution in [1.29, 1.82) is 0 Å². The Morgan fingerprint density at radius 3 is 2.82 bits per heavy atom. The Hall–Kier alpha value is -1.20. The molecule has 1 aromatic carbocycles. The predicted molar refractivity (Wildman–Crippen MR) is 69.4 cm³/mol. The van der Waals surface area contributed by atoms with E-state index in [1.807, 2.05) is 32.0 Å². The summed E-state index contributed by atoms with van der Waals surface area (Å²) in [5.41, 5.74) is 7.87. The molecule has 1 heterocycles. The van der Waals surface area contributed by atoms with Gasteiger partial charge in [-0.1, -0.05) is 22.9 Å². The number of hydrogen-bond donors (Lipinski definition) is 1. The first-order valence-electron chi connectivity index (χ1n) is 5.47. The molecule has 0 saturated heterocycles. The van der Waals surface area contributed by atoms with Crippen LogP contribution in [0.5, 0.6) is 0 Å². The molecule has 0 saturated carbocycles. The molecule has 0 spiro atoms. The zero-order valence-corrected chi connectivity index (χ0v) is 11.4. The fraction of sp³-hybridized carbons (Fsp3) is 0.333. The van der Waals surface area contributed by atoms with E-state index in [1.165, 1.54) is 0 Å². The standard InChI is InChI=1S/C12H14BrN3O/c1-3-10(14)12-16-15-11(17-12)8-4-5-9(13)7(2)6-8/h4-6,10H,3,14H2,1-2H3. The van der Waals surface area contributed by atoms with Crippen LogP contribution in [-0.2, 0) is 0 Å². The van der Waals surface area contributed by atoms with Gasteiger partial charge < -0.3 is 10.2 Å². The summed E-state index contributed by atoms with van der Waals surface area (Å²) in [4.78, 5) is 0. The molecule has 2 N–H and O–H groups in total. The smallest absolute Gasteiger partial charge is 0.247 e. The third kappa shape index (κ3) is 2.56. The summed E-state index contributed by atoms with van der Waals surface area (Å²) < 4.78 is 6.62. The van der Waals surface area contributed by atoms with E-state index in [9.17, 15) is 0 Å². The molecule has 0 amide bonds. The van der Waals surface area contributed by atoms with E-state index >= 15 is 0 Å². The molecule has 1 atom stereocenters. The average molecular weight is 296 g/mol. The van der Waals surface area contributed by atoms with Gasteiger partial charge in [0.2, 0.25) is 11.8 Å². The summed E-state index contributed by atoms with van der Waals surface area (Å²) in [6, 6.07) is 5.71. The quantitative estimate of drug-likeness (QED) is 0.944. The van der Waals surface area contributed by atoms with Gasteiger partial charge >= 0.3 is 0 Å². The van der Waals surface area contributed by atoms with Crippen molar-refractivity contribution >= 4 is 15.9 Å². The molecule has 0 aliphatic carbocycles. The van der Waals surface area contributed by atoms with Crippen LogP contribution in [0.15, 0.2) is 27.1 Å². The van der Waals surface area contributed by atoms with Gasteiger partial charge in [0, 0.05) is 10.0 Å². The molecular formula is C12H14BrN3O. The molecule has 0 radical (unpaired) electrons. The van der Waals surface area contributed by atoms with Gasteiger partial charge in [0.15, 0.2) is 0 Å². The predicted octanol–water partition coefficient (Wildman–Crippen LogP) is 3.22. The highest BCUT2D eigenvalue weighted by atomic mass is 79.9. The Kier molecular flexibility index (Phi) is 3.59. The summed E-state index contributed by atoms with van der Waals surface area (Å²) in [6.45, 7) is 4.00. The number of halogens is 1. The first kappa shape index (κ1) is 12.3. The van der Waals surface area contributed by atoms with Gasteiger partial charge in [-0.3, -0.25) is 0 Å². The zero-order chi connectivity index (χ0) is 12.4. The second-order valence-corrected chi connectivity index (χ2v) is 4.78. The first-order chi connectivity index (χ1) is 8.11. The normalized spacial score (nSPS) is 12.7. The minimum absolute atomic E-state index is 0.187. The number of hydrogen-bond acceptors (Lipinski definition) is 4. The Bertz CT molecular complexity index is 524. The molecular weight excluding hydrogens is 282 g/mol. The molecule has 17 heavy (non-hydrogen) atoms. The van der Waals surface area contributed by atoms with Crippen LogP contribution in [0.2, 0.25) is 0 Å². The monoisotopic (exact) mass is 295 g/mol. The summed E-state index contributed by atoms with van der Waals surface area (Å²) in [5.74, 6) is 1.00. The van der Waals surface area contributed by atoms with Gasteiger partial charge in [0.1, 0.15) is 0 Å². The molecule has 2 rings (SSSR count). The van der Waals surface area contributed by atoms with Gasteiger partial charge in [0.05, 0.1) is 6.04 Å². The molecule has 1 aromatic heterocycles.